The molecule has 0 bridgehead atoms. The van der Waals surface area contributed by atoms with Crippen molar-refractivity contribution < 1.29 is 9.90 Å². The van der Waals surface area contributed by atoms with E-state index in [2.05, 4.69) is 24.2 Å². The number of hydrogen-bond acceptors (Lipinski definition) is 3. The third-order valence-corrected chi connectivity index (χ3v) is 5.19. The van der Waals surface area contributed by atoms with Crippen LogP contribution < -0.4 is 10.2 Å². The Hall–Kier alpha value is -1.55. The van der Waals surface area contributed by atoms with Crippen LogP contribution >= 0.6 is 0 Å². The van der Waals surface area contributed by atoms with E-state index in [0.29, 0.717) is 11.6 Å². The highest BCUT2D eigenvalue weighted by atomic mass is 16.3. The van der Waals surface area contributed by atoms with Gasteiger partial charge in [0.25, 0.3) is 5.91 Å². The molecule has 1 aromatic rings. The Morgan fingerprint density at radius 3 is 2.67 bits per heavy atom. The van der Waals surface area contributed by atoms with Gasteiger partial charge in [-0.1, -0.05) is 19.4 Å². The number of carbonyl (C=O) groups is 1. The molecule has 3 rings (SSSR count). The number of carbonyl (C=O) groups excluding carboxylic acids is 1. The molecular formula is C17H24N2O2. The monoisotopic (exact) mass is 288 g/mol. The summed E-state index contributed by atoms with van der Waals surface area (Å²) in [5, 5.41) is 12.5. The summed E-state index contributed by atoms with van der Waals surface area (Å²) in [7, 11) is 2.13. The van der Waals surface area contributed by atoms with Gasteiger partial charge in [-0.2, -0.15) is 0 Å². The van der Waals surface area contributed by atoms with Gasteiger partial charge in [0.05, 0.1) is 0 Å². The smallest absolute Gasteiger partial charge is 0.257 e. The molecule has 0 radical (unpaired) electrons. The minimum Gasteiger partial charge on any atom is -0.378 e. The zero-order chi connectivity index (χ0) is 15.0. The normalized spacial score (nSPS) is 28.1. The topological polar surface area (TPSA) is 52.6 Å². The van der Waals surface area contributed by atoms with Gasteiger partial charge >= 0.3 is 0 Å². The molecule has 1 unspecified atom stereocenters. The summed E-state index contributed by atoms with van der Waals surface area (Å²) in [5.41, 5.74) is 2.55. The Morgan fingerprint density at radius 1 is 1.29 bits per heavy atom. The van der Waals surface area contributed by atoms with E-state index in [0.717, 1.165) is 17.3 Å². The van der Waals surface area contributed by atoms with Crippen molar-refractivity contribution in [1.82, 2.24) is 0 Å². The highest BCUT2D eigenvalue weighted by Gasteiger charge is 2.29. The minimum absolute atomic E-state index is 0.326. The Morgan fingerprint density at radius 2 is 2.00 bits per heavy atom. The van der Waals surface area contributed by atoms with Gasteiger partial charge in [0.15, 0.2) is 6.10 Å². The molecule has 2 aliphatic rings. The molecule has 2 N–H and O–H groups in total. The SMILES string of the molecule is CCC1CCC(N(C)c2ccc3c(c2)NC(=O)C3O)CC1. The first kappa shape index (κ1) is 14.4. The standard InChI is InChI=1S/C17H24N2O2/c1-3-11-4-6-12(7-5-11)19(2)13-8-9-14-15(10-13)18-17(21)16(14)20/h8-12,16,20H,3-7H2,1-2H3,(H,18,21). The molecule has 21 heavy (non-hydrogen) atoms. The van der Waals surface area contributed by atoms with Crippen LogP contribution in [0.2, 0.25) is 0 Å². The van der Waals surface area contributed by atoms with Crippen LogP contribution in [0.5, 0.6) is 0 Å². The van der Waals surface area contributed by atoms with Crippen molar-refractivity contribution in [2.24, 2.45) is 5.92 Å². The molecule has 1 aliphatic heterocycles. The number of amides is 1. The van der Waals surface area contributed by atoms with Crippen molar-refractivity contribution in [3.63, 3.8) is 0 Å². The summed E-state index contributed by atoms with van der Waals surface area (Å²) in [4.78, 5) is 13.8. The maximum atomic E-state index is 11.5. The number of hydrogen-bond donors (Lipinski definition) is 2. The zero-order valence-corrected chi connectivity index (χ0v) is 12.8. The number of benzene rings is 1. The fourth-order valence-electron chi connectivity index (χ4n) is 3.60. The fourth-order valence-corrected chi connectivity index (χ4v) is 3.60. The summed E-state index contributed by atoms with van der Waals surface area (Å²) >= 11 is 0. The second-order valence-corrected chi connectivity index (χ2v) is 6.36. The molecule has 0 aromatic heterocycles. The van der Waals surface area contributed by atoms with Crippen LogP contribution in [0, 0.1) is 5.92 Å². The maximum absolute atomic E-state index is 11.5. The molecule has 0 saturated heterocycles. The number of fused-ring (bicyclic) bond motifs is 1. The molecule has 1 saturated carbocycles. The quantitative estimate of drug-likeness (QED) is 0.898. The third kappa shape index (κ3) is 2.64. The molecule has 0 spiro atoms. The van der Waals surface area contributed by atoms with Gasteiger partial charge in [-0.3, -0.25) is 4.79 Å². The summed E-state index contributed by atoms with van der Waals surface area (Å²) in [6.07, 6.45) is 5.37. The maximum Gasteiger partial charge on any atom is 0.257 e. The Bertz CT molecular complexity index is 536. The van der Waals surface area contributed by atoms with Crippen molar-refractivity contribution in [2.45, 2.75) is 51.2 Å². The van der Waals surface area contributed by atoms with E-state index < -0.39 is 6.10 Å². The summed E-state index contributed by atoms with van der Waals surface area (Å²) in [5.74, 6) is 0.567. The molecule has 1 heterocycles. The van der Waals surface area contributed by atoms with Gasteiger partial charge < -0.3 is 15.3 Å². The lowest BCUT2D eigenvalue weighted by atomic mass is 9.84. The van der Waals surface area contributed by atoms with Crippen LogP contribution in [-0.2, 0) is 4.79 Å². The molecule has 4 nitrogen and oxygen atoms in total. The number of nitrogens with zero attached hydrogens (tertiary/aromatic N) is 1. The van der Waals surface area contributed by atoms with Gasteiger partial charge in [0, 0.05) is 30.0 Å². The summed E-state index contributed by atoms with van der Waals surface area (Å²) in [6.45, 7) is 2.28. The lowest BCUT2D eigenvalue weighted by Crippen LogP contribution is -2.35. The molecule has 4 heteroatoms. The molecule has 1 atom stereocenters. The predicted molar refractivity (Wildman–Crippen MR) is 84.5 cm³/mol. The lowest BCUT2D eigenvalue weighted by molar-refractivity contribution is -0.123. The van der Waals surface area contributed by atoms with Gasteiger partial charge in [-0.05, 0) is 43.7 Å². The number of anilines is 2. The van der Waals surface area contributed by atoms with Crippen molar-refractivity contribution >= 4 is 17.3 Å². The Balaban J connectivity index is 1.73. The summed E-state index contributed by atoms with van der Waals surface area (Å²) in [6, 6.07) is 6.43. The average molecular weight is 288 g/mol. The van der Waals surface area contributed by atoms with Gasteiger partial charge in [-0.15, -0.1) is 0 Å². The second kappa shape index (κ2) is 5.68. The van der Waals surface area contributed by atoms with Crippen molar-refractivity contribution in [1.29, 1.82) is 0 Å². The summed E-state index contributed by atoms with van der Waals surface area (Å²) < 4.78 is 0. The van der Waals surface area contributed by atoms with Crippen LogP contribution in [-0.4, -0.2) is 24.1 Å². The molecule has 1 aliphatic carbocycles. The molecule has 1 aromatic carbocycles. The first-order valence-corrected chi connectivity index (χ1v) is 7.96. The van der Waals surface area contributed by atoms with Crippen LogP contribution in [0.4, 0.5) is 11.4 Å². The minimum atomic E-state index is -1.01. The van der Waals surface area contributed by atoms with Gasteiger partial charge in [-0.25, -0.2) is 0 Å². The predicted octanol–water partition coefficient (Wildman–Crippen LogP) is 3.08. The average Bonchev–Trinajstić information content (AvgIpc) is 2.81. The Kier molecular flexibility index (Phi) is 3.89. The number of rotatable bonds is 3. The van der Waals surface area contributed by atoms with Gasteiger partial charge in [0.2, 0.25) is 0 Å². The highest BCUT2D eigenvalue weighted by Crippen LogP contribution is 2.36. The van der Waals surface area contributed by atoms with Crippen molar-refractivity contribution in [2.75, 3.05) is 17.3 Å². The molecule has 1 fully saturated rings. The first-order chi connectivity index (χ1) is 10.1. The number of aliphatic hydroxyl groups excluding tert-OH is 1. The van der Waals surface area contributed by atoms with E-state index in [-0.39, 0.29) is 5.91 Å². The van der Waals surface area contributed by atoms with Crippen LogP contribution in [0.3, 0.4) is 0 Å². The van der Waals surface area contributed by atoms with Crippen molar-refractivity contribution in [3.8, 4) is 0 Å². The fraction of sp³-hybridized carbons (Fsp3) is 0.588. The molecule has 114 valence electrons. The second-order valence-electron chi connectivity index (χ2n) is 6.36. The number of aliphatic hydroxyl groups is 1. The van der Waals surface area contributed by atoms with E-state index in [1.54, 1.807) is 0 Å². The van der Waals surface area contributed by atoms with Crippen LogP contribution in [0.15, 0.2) is 18.2 Å². The lowest BCUT2D eigenvalue weighted by Gasteiger charge is -2.36. The largest absolute Gasteiger partial charge is 0.378 e. The van der Waals surface area contributed by atoms with E-state index in [4.69, 9.17) is 0 Å². The zero-order valence-electron chi connectivity index (χ0n) is 12.8. The van der Waals surface area contributed by atoms with E-state index in [9.17, 15) is 9.90 Å². The highest BCUT2D eigenvalue weighted by molar-refractivity contribution is 6.02. The number of nitrogens with one attached hydrogen (secondary N) is 1. The van der Waals surface area contributed by atoms with Gasteiger partial charge in [0.1, 0.15) is 0 Å². The molecule has 1 amide bonds. The molecular weight excluding hydrogens is 264 g/mol. The van der Waals surface area contributed by atoms with E-state index in [1.807, 2.05) is 18.2 Å². The van der Waals surface area contributed by atoms with E-state index >= 15 is 0 Å². The van der Waals surface area contributed by atoms with Crippen LogP contribution in [0.1, 0.15) is 50.7 Å². The first-order valence-electron chi connectivity index (χ1n) is 7.96. The van der Waals surface area contributed by atoms with E-state index in [1.165, 1.54) is 32.1 Å². The van der Waals surface area contributed by atoms with Crippen LogP contribution in [0.25, 0.3) is 0 Å². The third-order valence-electron chi connectivity index (χ3n) is 5.19. The van der Waals surface area contributed by atoms with Crippen molar-refractivity contribution in [3.05, 3.63) is 23.8 Å². The Labute approximate surface area is 126 Å².